The molecule has 5 heteroatoms. The van der Waals surface area contributed by atoms with E-state index in [0.29, 0.717) is 13.2 Å². The number of aromatic nitrogens is 2. The highest BCUT2D eigenvalue weighted by Crippen LogP contribution is 2.16. The summed E-state index contributed by atoms with van der Waals surface area (Å²) in [7, 11) is 1.67. The van der Waals surface area contributed by atoms with Crippen LogP contribution in [0.25, 0.3) is 0 Å². The molecule has 0 bridgehead atoms. The number of ether oxygens (including phenoxy) is 2. The Morgan fingerprint density at radius 3 is 2.68 bits per heavy atom. The van der Waals surface area contributed by atoms with Crippen LogP contribution in [0.4, 0.5) is 5.82 Å². The van der Waals surface area contributed by atoms with Crippen molar-refractivity contribution in [1.29, 1.82) is 0 Å². The van der Waals surface area contributed by atoms with E-state index in [1.165, 1.54) is 0 Å². The fourth-order valence-corrected chi connectivity index (χ4v) is 2.06. The van der Waals surface area contributed by atoms with Crippen molar-refractivity contribution in [2.75, 3.05) is 20.3 Å². The van der Waals surface area contributed by atoms with E-state index in [2.05, 4.69) is 10.1 Å². The molecule has 0 unspecified atom stereocenters. The molecule has 0 spiro atoms. The smallest absolute Gasteiger partial charge is 0.150 e. The molecule has 1 heterocycles. The van der Waals surface area contributed by atoms with E-state index in [0.717, 1.165) is 35.9 Å². The van der Waals surface area contributed by atoms with E-state index in [1.54, 1.807) is 13.3 Å². The van der Waals surface area contributed by atoms with E-state index >= 15 is 0 Å². The number of aliphatic imine (C=N–C) groups is 1. The highest BCUT2D eigenvalue weighted by molar-refractivity contribution is 5.84. The van der Waals surface area contributed by atoms with E-state index in [1.807, 2.05) is 48.9 Å². The third kappa shape index (κ3) is 4.70. The molecule has 0 atom stereocenters. The van der Waals surface area contributed by atoms with Crippen LogP contribution in [-0.2, 0) is 11.3 Å². The summed E-state index contributed by atoms with van der Waals surface area (Å²) in [4.78, 5) is 4.63. The lowest BCUT2D eigenvalue weighted by Crippen LogP contribution is -2.03. The van der Waals surface area contributed by atoms with Gasteiger partial charge in [-0.2, -0.15) is 5.10 Å². The second kappa shape index (κ2) is 8.34. The molecule has 0 saturated heterocycles. The Bertz CT molecular complexity index is 603. The number of rotatable bonds is 8. The minimum absolute atomic E-state index is 0.689. The van der Waals surface area contributed by atoms with Gasteiger partial charge in [0.25, 0.3) is 0 Å². The van der Waals surface area contributed by atoms with Crippen LogP contribution in [0.2, 0.25) is 0 Å². The summed E-state index contributed by atoms with van der Waals surface area (Å²) in [5.74, 6) is 1.72. The average Bonchev–Trinajstić information content (AvgIpc) is 2.95. The van der Waals surface area contributed by atoms with Crippen LogP contribution in [0.1, 0.15) is 25.8 Å². The lowest BCUT2D eigenvalue weighted by Gasteiger charge is -2.07. The molecule has 0 amide bonds. The van der Waals surface area contributed by atoms with Gasteiger partial charge < -0.3 is 9.47 Å². The Morgan fingerprint density at radius 2 is 2.00 bits per heavy atom. The molecule has 0 fully saturated rings. The summed E-state index contributed by atoms with van der Waals surface area (Å²) < 4.78 is 12.4. The molecule has 1 aromatic heterocycles. The molecule has 0 aliphatic heterocycles. The molecule has 2 rings (SSSR count). The van der Waals surface area contributed by atoms with Crippen LogP contribution in [0.15, 0.2) is 41.5 Å². The van der Waals surface area contributed by atoms with Gasteiger partial charge in [-0.3, -0.25) is 0 Å². The Morgan fingerprint density at radius 1 is 1.23 bits per heavy atom. The Hall–Kier alpha value is -2.14. The standard InChI is InChI=1S/C17H23N3O2/c1-4-22-12-10-14(2)19-17-9-11-18-20(17)13-15-5-7-16(21-3)8-6-15/h5-9,11H,4,10,12-13H2,1-3H3. The zero-order valence-electron chi connectivity index (χ0n) is 13.5. The normalized spacial score (nSPS) is 11.7. The molecule has 22 heavy (non-hydrogen) atoms. The number of benzene rings is 1. The van der Waals surface area contributed by atoms with Gasteiger partial charge in [0.05, 0.1) is 26.5 Å². The van der Waals surface area contributed by atoms with Gasteiger partial charge in [-0.15, -0.1) is 0 Å². The Labute approximate surface area is 131 Å². The van der Waals surface area contributed by atoms with Crippen molar-refractivity contribution >= 4 is 11.5 Å². The van der Waals surface area contributed by atoms with Crippen molar-refractivity contribution in [1.82, 2.24) is 9.78 Å². The molecule has 0 radical (unpaired) electrons. The van der Waals surface area contributed by atoms with Crippen molar-refractivity contribution in [2.24, 2.45) is 4.99 Å². The lowest BCUT2D eigenvalue weighted by molar-refractivity contribution is 0.155. The first-order valence-electron chi connectivity index (χ1n) is 7.49. The zero-order valence-corrected chi connectivity index (χ0v) is 13.5. The van der Waals surface area contributed by atoms with Gasteiger partial charge in [0, 0.05) is 24.8 Å². The van der Waals surface area contributed by atoms with Gasteiger partial charge in [0.1, 0.15) is 5.75 Å². The van der Waals surface area contributed by atoms with Crippen molar-refractivity contribution in [3.05, 3.63) is 42.1 Å². The van der Waals surface area contributed by atoms with Gasteiger partial charge in [-0.25, -0.2) is 9.67 Å². The van der Waals surface area contributed by atoms with Crippen LogP contribution in [0.5, 0.6) is 5.75 Å². The fourth-order valence-electron chi connectivity index (χ4n) is 2.06. The van der Waals surface area contributed by atoms with E-state index < -0.39 is 0 Å². The maximum Gasteiger partial charge on any atom is 0.150 e. The largest absolute Gasteiger partial charge is 0.497 e. The zero-order chi connectivity index (χ0) is 15.8. The highest BCUT2D eigenvalue weighted by atomic mass is 16.5. The van der Waals surface area contributed by atoms with E-state index in [9.17, 15) is 0 Å². The van der Waals surface area contributed by atoms with Crippen LogP contribution in [-0.4, -0.2) is 35.8 Å². The topological polar surface area (TPSA) is 48.6 Å². The van der Waals surface area contributed by atoms with Crippen LogP contribution in [0, 0.1) is 0 Å². The van der Waals surface area contributed by atoms with Crippen LogP contribution in [0.3, 0.4) is 0 Å². The Kier molecular flexibility index (Phi) is 6.15. The fraction of sp³-hybridized carbons (Fsp3) is 0.412. The van der Waals surface area contributed by atoms with E-state index in [4.69, 9.17) is 9.47 Å². The first kappa shape index (κ1) is 16.2. The van der Waals surface area contributed by atoms with Gasteiger partial charge >= 0.3 is 0 Å². The Balaban J connectivity index is 2.03. The number of hydrogen-bond donors (Lipinski definition) is 0. The quantitative estimate of drug-likeness (QED) is 0.554. The van der Waals surface area contributed by atoms with Gasteiger partial charge in [0.2, 0.25) is 0 Å². The maximum absolute atomic E-state index is 5.36. The predicted molar refractivity (Wildman–Crippen MR) is 88.2 cm³/mol. The first-order chi connectivity index (χ1) is 10.7. The SMILES string of the molecule is CCOCCC(C)=Nc1ccnn1Cc1ccc(OC)cc1. The van der Waals surface area contributed by atoms with Crippen LogP contribution < -0.4 is 4.74 Å². The predicted octanol–water partition coefficient (Wildman–Crippen LogP) is 3.46. The monoisotopic (exact) mass is 301 g/mol. The number of methoxy groups -OCH3 is 1. The molecule has 0 saturated carbocycles. The molecule has 2 aromatic rings. The summed E-state index contributed by atoms with van der Waals surface area (Å²) in [5.41, 5.74) is 2.21. The second-order valence-electron chi connectivity index (χ2n) is 4.99. The van der Waals surface area contributed by atoms with Crippen molar-refractivity contribution in [3.8, 4) is 5.75 Å². The molecule has 5 nitrogen and oxygen atoms in total. The molecule has 0 N–H and O–H groups in total. The number of nitrogens with zero attached hydrogens (tertiary/aromatic N) is 3. The van der Waals surface area contributed by atoms with E-state index in [-0.39, 0.29) is 0 Å². The highest BCUT2D eigenvalue weighted by Gasteiger charge is 2.03. The minimum Gasteiger partial charge on any atom is -0.497 e. The summed E-state index contributed by atoms with van der Waals surface area (Å²) in [6, 6.07) is 9.91. The van der Waals surface area contributed by atoms with Gasteiger partial charge in [-0.05, 0) is 31.5 Å². The molecule has 0 aliphatic carbocycles. The molecular weight excluding hydrogens is 278 g/mol. The molecule has 0 aliphatic rings. The van der Waals surface area contributed by atoms with Gasteiger partial charge in [-0.1, -0.05) is 12.1 Å². The number of hydrogen-bond acceptors (Lipinski definition) is 4. The summed E-state index contributed by atoms with van der Waals surface area (Å²) in [6.45, 7) is 6.15. The molecular formula is C17H23N3O2. The van der Waals surface area contributed by atoms with Crippen LogP contribution >= 0.6 is 0 Å². The first-order valence-corrected chi connectivity index (χ1v) is 7.49. The summed E-state index contributed by atoms with van der Waals surface area (Å²) in [5, 5.41) is 4.35. The second-order valence-corrected chi connectivity index (χ2v) is 4.99. The molecule has 118 valence electrons. The lowest BCUT2D eigenvalue weighted by atomic mass is 10.2. The van der Waals surface area contributed by atoms with Crippen molar-refractivity contribution < 1.29 is 9.47 Å². The maximum atomic E-state index is 5.36. The average molecular weight is 301 g/mol. The molecule has 1 aromatic carbocycles. The van der Waals surface area contributed by atoms with Crippen molar-refractivity contribution in [3.63, 3.8) is 0 Å². The third-order valence-electron chi connectivity index (χ3n) is 3.30. The summed E-state index contributed by atoms with van der Waals surface area (Å²) in [6.07, 6.45) is 2.61. The van der Waals surface area contributed by atoms with Gasteiger partial charge in [0.15, 0.2) is 5.82 Å². The minimum atomic E-state index is 0.689. The third-order valence-corrected chi connectivity index (χ3v) is 3.30. The summed E-state index contributed by atoms with van der Waals surface area (Å²) >= 11 is 0. The van der Waals surface area contributed by atoms with Crippen molar-refractivity contribution in [2.45, 2.75) is 26.8 Å².